The largest absolute Gasteiger partial charge is 0.410 e. The number of nitrogens with one attached hydrogen (secondary N) is 2. The zero-order valence-corrected chi connectivity index (χ0v) is 19.4. The van der Waals surface area contributed by atoms with Crippen LogP contribution in [-0.2, 0) is 0 Å². The highest BCUT2D eigenvalue weighted by Crippen LogP contribution is 2.46. The fourth-order valence-electron chi connectivity index (χ4n) is 3.78. The number of halogens is 5. The van der Waals surface area contributed by atoms with Crippen molar-refractivity contribution in [2.45, 2.75) is 44.9 Å². The minimum absolute atomic E-state index is 0.0199. The number of aromatic nitrogens is 2. The third-order valence-corrected chi connectivity index (χ3v) is 6.22. The number of fused-ring (bicyclic) bond motifs is 1. The van der Waals surface area contributed by atoms with E-state index in [4.69, 9.17) is 23.2 Å². The third kappa shape index (κ3) is 5.50. The van der Waals surface area contributed by atoms with Crippen LogP contribution in [0.4, 0.5) is 19.0 Å². The molecule has 32 heavy (non-hydrogen) atoms. The van der Waals surface area contributed by atoms with Gasteiger partial charge in [0.2, 0.25) is 0 Å². The Morgan fingerprint density at radius 1 is 1.25 bits per heavy atom. The lowest BCUT2D eigenvalue weighted by Gasteiger charge is -2.33. The molecule has 0 saturated carbocycles. The fourth-order valence-corrected chi connectivity index (χ4v) is 4.17. The van der Waals surface area contributed by atoms with Crippen molar-refractivity contribution in [1.29, 1.82) is 0 Å². The van der Waals surface area contributed by atoms with Crippen LogP contribution in [0.5, 0.6) is 0 Å². The van der Waals surface area contributed by atoms with Crippen LogP contribution in [0.3, 0.4) is 0 Å². The SMILES string of the molecule is CCN(CC)CCCNC(=O)c1nn2c(c1Cl)N[C@@H](c1ccc(Cl)cc1)C[C@@H]2C(F)(F)F. The van der Waals surface area contributed by atoms with Crippen LogP contribution in [0.25, 0.3) is 0 Å². The first-order valence-corrected chi connectivity index (χ1v) is 11.3. The highest BCUT2D eigenvalue weighted by molar-refractivity contribution is 6.36. The molecule has 0 unspecified atom stereocenters. The van der Waals surface area contributed by atoms with E-state index in [-0.39, 0.29) is 23.0 Å². The van der Waals surface area contributed by atoms with Crippen molar-refractivity contribution in [1.82, 2.24) is 20.0 Å². The van der Waals surface area contributed by atoms with Crippen LogP contribution in [0.2, 0.25) is 10.0 Å². The summed E-state index contributed by atoms with van der Waals surface area (Å²) in [5.74, 6) is -0.615. The van der Waals surface area contributed by atoms with Crippen molar-refractivity contribution >= 4 is 34.9 Å². The van der Waals surface area contributed by atoms with Crippen LogP contribution in [0.15, 0.2) is 24.3 Å². The number of carbonyl (C=O) groups is 1. The number of rotatable bonds is 8. The standard InChI is InChI=1S/C21H26Cl2F3N5O/c1-3-30(4-2)11-5-10-27-20(32)18-17(23)19-28-15(13-6-8-14(22)9-7-13)12-16(21(24,25)26)31(19)29-18/h6-9,15-16,28H,3-5,10-12H2,1-2H3,(H,27,32)/t15-,16-/m1/s1. The molecule has 0 fully saturated rings. The summed E-state index contributed by atoms with van der Waals surface area (Å²) in [4.78, 5) is 14.8. The third-order valence-electron chi connectivity index (χ3n) is 5.61. The average molecular weight is 492 g/mol. The molecule has 3 rings (SSSR count). The lowest BCUT2D eigenvalue weighted by molar-refractivity contribution is -0.173. The number of carbonyl (C=O) groups excluding carboxylic acids is 1. The number of benzene rings is 1. The lowest BCUT2D eigenvalue weighted by atomic mass is 9.97. The maximum absolute atomic E-state index is 13.8. The number of alkyl halides is 3. The Morgan fingerprint density at radius 3 is 2.50 bits per heavy atom. The van der Waals surface area contributed by atoms with Gasteiger partial charge >= 0.3 is 6.18 Å². The van der Waals surface area contributed by atoms with Crippen LogP contribution < -0.4 is 10.6 Å². The second-order valence-electron chi connectivity index (χ2n) is 7.63. The van der Waals surface area contributed by atoms with E-state index >= 15 is 0 Å². The Balaban J connectivity index is 1.80. The molecule has 11 heteroatoms. The maximum atomic E-state index is 13.8. The molecule has 1 amide bonds. The first-order chi connectivity index (χ1) is 15.2. The van der Waals surface area contributed by atoms with E-state index in [1.54, 1.807) is 24.3 Å². The van der Waals surface area contributed by atoms with Crippen molar-refractivity contribution in [3.05, 3.63) is 45.6 Å². The van der Waals surface area contributed by atoms with Crippen molar-refractivity contribution in [2.24, 2.45) is 0 Å². The highest BCUT2D eigenvalue weighted by atomic mass is 35.5. The van der Waals surface area contributed by atoms with E-state index in [0.717, 1.165) is 24.3 Å². The van der Waals surface area contributed by atoms with Crippen LogP contribution in [0, 0.1) is 0 Å². The van der Waals surface area contributed by atoms with E-state index in [1.165, 1.54) is 0 Å². The molecule has 2 heterocycles. The summed E-state index contributed by atoms with van der Waals surface area (Å²) in [6.07, 6.45) is -4.14. The Labute approximate surface area is 195 Å². The minimum atomic E-state index is -4.56. The van der Waals surface area contributed by atoms with Crippen LogP contribution >= 0.6 is 23.2 Å². The van der Waals surface area contributed by atoms with Gasteiger partial charge in [-0.15, -0.1) is 0 Å². The van der Waals surface area contributed by atoms with Crippen molar-refractivity contribution in [3.8, 4) is 0 Å². The zero-order valence-electron chi connectivity index (χ0n) is 17.8. The summed E-state index contributed by atoms with van der Waals surface area (Å²) in [5.41, 5.74) is 0.414. The predicted molar refractivity (Wildman–Crippen MR) is 119 cm³/mol. The van der Waals surface area contributed by atoms with Gasteiger partial charge in [-0.25, -0.2) is 4.68 Å². The predicted octanol–water partition coefficient (Wildman–Crippen LogP) is 5.31. The maximum Gasteiger partial charge on any atom is 0.410 e. The molecule has 176 valence electrons. The van der Waals surface area contributed by atoms with Crippen molar-refractivity contribution < 1.29 is 18.0 Å². The Bertz CT molecular complexity index is 929. The van der Waals surface area contributed by atoms with Gasteiger partial charge in [0, 0.05) is 18.0 Å². The molecule has 0 saturated heterocycles. The summed E-state index contributed by atoms with van der Waals surface area (Å²) >= 11 is 12.2. The molecule has 0 spiro atoms. The molecule has 2 N–H and O–H groups in total. The molecule has 1 aromatic heterocycles. The molecule has 0 bridgehead atoms. The van der Waals surface area contributed by atoms with Gasteiger partial charge in [-0.1, -0.05) is 49.2 Å². The van der Waals surface area contributed by atoms with Gasteiger partial charge in [0.25, 0.3) is 5.91 Å². The molecular weight excluding hydrogens is 466 g/mol. The first-order valence-electron chi connectivity index (χ1n) is 10.5. The van der Waals surface area contributed by atoms with E-state index in [0.29, 0.717) is 23.6 Å². The average Bonchev–Trinajstić information content (AvgIpc) is 3.09. The second kappa shape index (κ2) is 10.3. The molecule has 2 aromatic rings. The molecule has 1 aliphatic rings. The number of hydrogen-bond acceptors (Lipinski definition) is 4. The van der Waals surface area contributed by atoms with Gasteiger partial charge in [0.1, 0.15) is 10.8 Å². The summed E-state index contributed by atoms with van der Waals surface area (Å²) in [5, 5.41) is 10.0. The molecule has 0 radical (unpaired) electrons. The molecule has 2 atom stereocenters. The van der Waals surface area contributed by atoms with Gasteiger partial charge in [0.15, 0.2) is 11.7 Å². The highest BCUT2D eigenvalue weighted by Gasteiger charge is 2.47. The summed E-state index contributed by atoms with van der Waals surface area (Å²) in [7, 11) is 0. The minimum Gasteiger partial charge on any atom is -0.362 e. The van der Waals surface area contributed by atoms with E-state index in [2.05, 4.69) is 34.5 Å². The summed E-state index contributed by atoms with van der Waals surface area (Å²) in [6, 6.07) is 3.98. The normalized spacial score (nSPS) is 18.4. The van der Waals surface area contributed by atoms with Gasteiger partial charge < -0.3 is 15.5 Å². The van der Waals surface area contributed by atoms with E-state index < -0.39 is 24.2 Å². The van der Waals surface area contributed by atoms with Gasteiger partial charge in [-0.2, -0.15) is 18.3 Å². The molecular formula is C21H26Cl2F3N5O. The fraction of sp³-hybridized carbons (Fsp3) is 0.524. The lowest BCUT2D eigenvalue weighted by Crippen LogP contribution is -2.36. The Morgan fingerprint density at radius 2 is 1.91 bits per heavy atom. The molecule has 1 aromatic carbocycles. The molecule has 0 aliphatic carbocycles. The summed E-state index contributed by atoms with van der Waals surface area (Å²) in [6.45, 7) is 7.10. The van der Waals surface area contributed by atoms with E-state index in [1.807, 2.05) is 0 Å². The number of hydrogen-bond donors (Lipinski definition) is 2. The van der Waals surface area contributed by atoms with Gasteiger partial charge in [-0.3, -0.25) is 4.79 Å². The smallest absolute Gasteiger partial charge is 0.362 e. The quantitative estimate of drug-likeness (QED) is 0.491. The van der Waals surface area contributed by atoms with Crippen LogP contribution in [0.1, 0.15) is 54.8 Å². The van der Waals surface area contributed by atoms with Crippen molar-refractivity contribution in [3.63, 3.8) is 0 Å². The van der Waals surface area contributed by atoms with Crippen molar-refractivity contribution in [2.75, 3.05) is 31.5 Å². The monoisotopic (exact) mass is 491 g/mol. The zero-order chi connectivity index (χ0) is 23.5. The molecule has 1 aliphatic heterocycles. The van der Waals surface area contributed by atoms with Gasteiger partial charge in [0.05, 0.1) is 6.04 Å². The Kier molecular flexibility index (Phi) is 7.95. The number of anilines is 1. The number of nitrogens with zero attached hydrogens (tertiary/aromatic N) is 3. The van der Waals surface area contributed by atoms with Gasteiger partial charge in [-0.05, 0) is 43.8 Å². The first kappa shape index (κ1) is 24.7. The number of amides is 1. The topological polar surface area (TPSA) is 62.2 Å². The van der Waals surface area contributed by atoms with Crippen LogP contribution in [-0.4, -0.2) is 52.9 Å². The Hall–Kier alpha value is -1.97. The molecule has 6 nitrogen and oxygen atoms in total. The summed E-state index contributed by atoms with van der Waals surface area (Å²) < 4.78 is 42.3. The van der Waals surface area contributed by atoms with E-state index in [9.17, 15) is 18.0 Å². The second-order valence-corrected chi connectivity index (χ2v) is 8.45.